The van der Waals surface area contributed by atoms with Crippen molar-refractivity contribution in [3.05, 3.63) is 24.3 Å². The molecule has 0 aromatic rings. The van der Waals surface area contributed by atoms with E-state index in [0.29, 0.717) is 16.9 Å². The van der Waals surface area contributed by atoms with Crippen molar-refractivity contribution in [1.29, 1.82) is 0 Å². The van der Waals surface area contributed by atoms with E-state index in [2.05, 4.69) is 37.9 Å². The molecular formula is C23H37N. The van der Waals surface area contributed by atoms with Gasteiger partial charge in [-0.25, -0.2) is 0 Å². The topological polar surface area (TPSA) is 12.0 Å². The Balaban J connectivity index is 1.71. The highest BCUT2D eigenvalue weighted by Gasteiger charge is 2.59. The number of rotatable bonds is 2. The summed E-state index contributed by atoms with van der Waals surface area (Å²) in [7, 11) is 0. The number of hydrogen-bond acceptors (Lipinski definition) is 1. The molecule has 6 unspecified atom stereocenters. The Morgan fingerprint density at radius 3 is 2.67 bits per heavy atom. The minimum Gasteiger partial charge on any atom is -0.313 e. The number of fused-ring (bicyclic) bond motifs is 5. The molecule has 3 aliphatic carbocycles. The molecule has 0 spiro atoms. The Bertz CT molecular complexity index is 520. The molecule has 1 nitrogen and oxygen atoms in total. The zero-order chi connectivity index (χ0) is 16.8. The van der Waals surface area contributed by atoms with E-state index in [9.17, 15) is 0 Å². The molecule has 4 fully saturated rings. The van der Waals surface area contributed by atoms with Crippen molar-refractivity contribution in [3.63, 3.8) is 0 Å². The van der Waals surface area contributed by atoms with Crippen LogP contribution in [0.3, 0.4) is 0 Å². The first-order valence-corrected chi connectivity index (χ1v) is 10.7. The molecular weight excluding hydrogens is 290 g/mol. The van der Waals surface area contributed by atoms with Crippen LogP contribution in [-0.4, -0.2) is 12.6 Å². The second-order valence-corrected chi connectivity index (χ2v) is 9.40. The summed E-state index contributed by atoms with van der Waals surface area (Å²) in [4.78, 5) is 0. The molecule has 0 amide bonds. The van der Waals surface area contributed by atoms with Crippen LogP contribution in [0.25, 0.3) is 0 Å². The van der Waals surface area contributed by atoms with Crippen molar-refractivity contribution in [2.24, 2.45) is 28.6 Å². The monoisotopic (exact) mass is 327 g/mol. The fraction of sp³-hybridized carbons (Fsp3) is 0.826. The average molecular weight is 328 g/mol. The molecule has 3 saturated carbocycles. The van der Waals surface area contributed by atoms with E-state index in [1.54, 1.807) is 0 Å². The molecule has 24 heavy (non-hydrogen) atoms. The summed E-state index contributed by atoms with van der Waals surface area (Å²) >= 11 is 0. The summed E-state index contributed by atoms with van der Waals surface area (Å²) in [5, 5.41) is 3.96. The molecule has 1 heterocycles. The van der Waals surface area contributed by atoms with E-state index in [1.807, 2.05) is 0 Å². The fourth-order valence-electron chi connectivity index (χ4n) is 7.82. The van der Waals surface area contributed by atoms with Gasteiger partial charge in [0.05, 0.1) is 0 Å². The van der Waals surface area contributed by atoms with Crippen LogP contribution in [0.4, 0.5) is 0 Å². The van der Waals surface area contributed by atoms with Gasteiger partial charge in [-0.2, -0.15) is 0 Å². The summed E-state index contributed by atoms with van der Waals surface area (Å²) in [5.74, 6) is 2.79. The maximum absolute atomic E-state index is 4.57. The molecule has 134 valence electrons. The molecule has 1 aliphatic heterocycles. The minimum absolute atomic E-state index is 0.393. The maximum atomic E-state index is 4.57. The van der Waals surface area contributed by atoms with Crippen molar-refractivity contribution in [2.45, 2.75) is 84.1 Å². The van der Waals surface area contributed by atoms with Gasteiger partial charge in [-0.1, -0.05) is 37.1 Å². The average Bonchev–Trinajstić information content (AvgIpc) is 2.86. The third-order valence-electron chi connectivity index (χ3n) is 8.62. The van der Waals surface area contributed by atoms with Gasteiger partial charge in [0.15, 0.2) is 0 Å². The predicted molar refractivity (Wildman–Crippen MR) is 103 cm³/mol. The van der Waals surface area contributed by atoms with E-state index >= 15 is 0 Å². The van der Waals surface area contributed by atoms with Crippen LogP contribution in [-0.2, 0) is 0 Å². The maximum Gasteiger partial charge on any atom is 0.0163 e. The third-order valence-corrected chi connectivity index (χ3v) is 8.62. The van der Waals surface area contributed by atoms with Crippen LogP contribution in [0.1, 0.15) is 78.1 Å². The molecule has 0 radical (unpaired) electrons. The number of nitrogens with one attached hydrogen (secondary N) is 1. The van der Waals surface area contributed by atoms with Crippen molar-refractivity contribution in [2.75, 3.05) is 6.54 Å². The molecule has 1 N–H and O–H groups in total. The fourth-order valence-corrected chi connectivity index (χ4v) is 7.82. The second-order valence-electron chi connectivity index (χ2n) is 9.40. The molecule has 1 heteroatoms. The van der Waals surface area contributed by atoms with Gasteiger partial charge in [-0.3, -0.25) is 0 Å². The zero-order valence-corrected chi connectivity index (χ0v) is 15.9. The minimum atomic E-state index is 0.393. The smallest absolute Gasteiger partial charge is 0.0163 e. The van der Waals surface area contributed by atoms with Crippen LogP contribution < -0.4 is 5.32 Å². The molecule has 1 saturated heterocycles. The Hall–Kier alpha value is -0.560. The lowest BCUT2D eigenvalue weighted by Gasteiger charge is -2.60. The highest BCUT2D eigenvalue weighted by molar-refractivity contribution is 5.22. The second kappa shape index (κ2) is 6.31. The molecule has 6 atom stereocenters. The molecule has 4 aliphatic rings. The van der Waals surface area contributed by atoms with Gasteiger partial charge < -0.3 is 5.32 Å². The largest absolute Gasteiger partial charge is 0.313 e. The molecule has 0 aromatic heterocycles. The zero-order valence-electron chi connectivity index (χ0n) is 15.9. The predicted octanol–water partition coefficient (Wildman–Crippen LogP) is 5.87. The lowest BCUT2D eigenvalue weighted by atomic mass is 9.46. The van der Waals surface area contributed by atoms with Gasteiger partial charge in [-0.05, 0) is 94.9 Å². The summed E-state index contributed by atoms with van der Waals surface area (Å²) in [5.41, 5.74) is 2.44. The van der Waals surface area contributed by atoms with E-state index in [0.717, 1.165) is 17.8 Å². The van der Waals surface area contributed by atoms with Crippen LogP contribution >= 0.6 is 0 Å². The summed E-state index contributed by atoms with van der Waals surface area (Å²) in [6, 6.07) is 0.703. The van der Waals surface area contributed by atoms with Crippen LogP contribution in [0, 0.1) is 28.6 Å². The normalized spacial score (nSPS) is 48.4. The van der Waals surface area contributed by atoms with E-state index in [-0.39, 0.29) is 0 Å². The highest BCUT2D eigenvalue weighted by atomic mass is 15.0. The van der Waals surface area contributed by atoms with Crippen LogP contribution in [0.5, 0.6) is 0 Å². The van der Waals surface area contributed by atoms with Crippen molar-refractivity contribution in [1.82, 2.24) is 5.32 Å². The lowest BCUT2D eigenvalue weighted by molar-refractivity contribution is -0.0553. The Labute approximate surface area is 149 Å². The highest BCUT2D eigenvalue weighted by Crippen LogP contribution is 2.65. The third kappa shape index (κ3) is 2.30. The van der Waals surface area contributed by atoms with Gasteiger partial charge >= 0.3 is 0 Å². The van der Waals surface area contributed by atoms with Gasteiger partial charge in [0, 0.05) is 11.5 Å². The summed E-state index contributed by atoms with van der Waals surface area (Å²) < 4.78 is 0. The van der Waals surface area contributed by atoms with Crippen LogP contribution in [0.15, 0.2) is 24.3 Å². The van der Waals surface area contributed by atoms with E-state index < -0.39 is 0 Å². The SMILES string of the molecule is C=C(C)C12CCCCNC1CCC1C3CCCC3(C=CC)CCC12. The van der Waals surface area contributed by atoms with E-state index in [4.69, 9.17) is 0 Å². The van der Waals surface area contributed by atoms with Gasteiger partial charge in [0.1, 0.15) is 0 Å². The van der Waals surface area contributed by atoms with E-state index in [1.165, 1.54) is 76.3 Å². The first kappa shape index (κ1) is 16.9. The lowest BCUT2D eigenvalue weighted by Crippen LogP contribution is -2.58. The Kier molecular flexibility index (Phi) is 4.44. The van der Waals surface area contributed by atoms with Crippen LogP contribution in [0.2, 0.25) is 0 Å². The van der Waals surface area contributed by atoms with Crippen molar-refractivity contribution in [3.8, 4) is 0 Å². The van der Waals surface area contributed by atoms with Gasteiger partial charge in [0.2, 0.25) is 0 Å². The number of allylic oxidation sites excluding steroid dienone is 2. The molecule has 0 aromatic carbocycles. The Morgan fingerprint density at radius 2 is 1.88 bits per heavy atom. The summed E-state index contributed by atoms with van der Waals surface area (Å²) in [6.07, 6.45) is 19.2. The first-order valence-electron chi connectivity index (χ1n) is 10.7. The quantitative estimate of drug-likeness (QED) is 0.625. The van der Waals surface area contributed by atoms with Crippen molar-refractivity contribution >= 4 is 0 Å². The Morgan fingerprint density at radius 1 is 1.00 bits per heavy atom. The summed E-state index contributed by atoms with van der Waals surface area (Å²) in [6.45, 7) is 10.4. The standard InChI is InChI=1S/C23H37N/c1-4-12-22-13-7-8-19(22)18-9-10-21-23(17(2)3,20(18)11-15-22)14-5-6-16-24-21/h4,12,18-21,24H,2,5-11,13-16H2,1,3H3. The molecule has 0 bridgehead atoms. The number of hydrogen-bond donors (Lipinski definition) is 1. The first-order chi connectivity index (χ1) is 11.6. The molecule has 4 rings (SSSR count). The van der Waals surface area contributed by atoms with Crippen molar-refractivity contribution < 1.29 is 0 Å². The van der Waals surface area contributed by atoms with Gasteiger partial charge in [-0.15, -0.1) is 0 Å². The van der Waals surface area contributed by atoms with Gasteiger partial charge in [0.25, 0.3) is 0 Å².